The third-order valence-electron chi connectivity index (χ3n) is 2.96. The summed E-state index contributed by atoms with van der Waals surface area (Å²) in [6.07, 6.45) is 3.34. The van der Waals surface area contributed by atoms with Crippen molar-refractivity contribution in [3.63, 3.8) is 0 Å². The molecule has 0 aliphatic carbocycles. The number of aryl methyl sites for hydroxylation is 1. The van der Waals surface area contributed by atoms with Crippen LogP contribution in [0, 0.1) is 6.92 Å². The fourth-order valence-corrected chi connectivity index (χ4v) is 1.23. The van der Waals surface area contributed by atoms with Crippen molar-refractivity contribution in [3.8, 4) is 0 Å². The van der Waals surface area contributed by atoms with Crippen LogP contribution >= 0.6 is 0 Å². The first-order chi connectivity index (χ1) is 6.87. The van der Waals surface area contributed by atoms with Crippen LogP contribution < -0.4 is 0 Å². The fraction of sp³-hybridized carbons (Fsp3) is 0.500. The number of carbonyl (C=O) groups is 1. The Morgan fingerprint density at radius 1 is 1.40 bits per heavy atom. The zero-order valence-electron chi connectivity index (χ0n) is 10.0. The number of carbonyl (C=O) groups excluding carboxylic acids is 1. The first-order valence-electron chi connectivity index (χ1n) is 5.00. The van der Waals surface area contributed by atoms with Crippen LogP contribution in [0.1, 0.15) is 29.8 Å². The van der Waals surface area contributed by atoms with Gasteiger partial charge in [-0.05, 0) is 46.5 Å². The molecule has 0 fully saturated rings. The van der Waals surface area contributed by atoms with Gasteiger partial charge in [0.05, 0.1) is 5.54 Å². The summed E-state index contributed by atoms with van der Waals surface area (Å²) in [5, 5.41) is 0. The van der Waals surface area contributed by atoms with Crippen molar-refractivity contribution in [2.75, 3.05) is 14.1 Å². The van der Waals surface area contributed by atoms with Crippen molar-refractivity contribution < 1.29 is 4.79 Å². The predicted molar refractivity (Wildman–Crippen MR) is 61.1 cm³/mol. The highest BCUT2D eigenvalue weighted by molar-refractivity contribution is 6.03. The first kappa shape index (κ1) is 11.9. The summed E-state index contributed by atoms with van der Waals surface area (Å²) in [7, 11) is 3.81. The molecular weight excluding hydrogens is 188 g/mol. The molecule has 1 aromatic rings. The molecule has 0 bridgehead atoms. The third-order valence-corrected chi connectivity index (χ3v) is 2.96. The number of pyridine rings is 1. The van der Waals surface area contributed by atoms with Crippen molar-refractivity contribution in [1.29, 1.82) is 0 Å². The molecule has 0 saturated carbocycles. The van der Waals surface area contributed by atoms with E-state index in [0.29, 0.717) is 5.56 Å². The van der Waals surface area contributed by atoms with Crippen LogP contribution in [-0.4, -0.2) is 35.3 Å². The van der Waals surface area contributed by atoms with Gasteiger partial charge in [0.15, 0.2) is 5.78 Å². The van der Waals surface area contributed by atoms with Gasteiger partial charge in [-0.2, -0.15) is 0 Å². The standard InChI is InChI=1S/C12H18N2O/c1-9-6-7-13-8-10(9)11(15)12(2,3)14(4)5/h6-8H,1-5H3. The summed E-state index contributed by atoms with van der Waals surface area (Å²) in [6.45, 7) is 5.77. The van der Waals surface area contributed by atoms with E-state index in [4.69, 9.17) is 0 Å². The van der Waals surface area contributed by atoms with Crippen LogP contribution in [0.2, 0.25) is 0 Å². The monoisotopic (exact) mass is 206 g/mol. The second kappa shape index (κ2) is 4.11. The van der Waals surface area contributed by atoms with Crippen LogP contribution in [-0.2, 0) is 0 Å². The Morgan fingerprint density at radius 3 is 2.47 bits per heavy atom. The Morgan fingerprint density at radius 2 is 2.00 bits per heavy atom. The number of Topliss-reactive ketones (excluding diaryl/α,β-unsaturated/α-hetero) is 1. The van der Waals surface area contributed by atoms with Gasteiger partial charge < -0.3 is 0 Å². The minimum atomic E-state index is -0.492. The zero-order chi connectivity index (χ0) is 11.6. The Balaban J connectivity index is 3.11. The highest BCUT2D eigenvalue weighted by Gasteiger charge is 2.31. The van der Waals surface area contributed by atoms with E-state index in [1.54, 1.807) is 12.4 Å². The molecule has 1 aromatic heterocycles. The number of rotatable bonds is 3. The lowest BCUT2D eigenvalue weighted by atomic mass is 9.91. The van der Waals surface area contributed by atoms with Crippen molar-refractivity contribution in [1.82, 2.24) is 9.88 Å². The number of nitrogens with zero attached hydrogens (tertiary/aromatic N) is 2. The molecule has 15 heavy (non-hydrogen) atoms. The summed E-state index contributed by atoms with van der Waals surface area (Å²) in [4.78, 5) is 18.2. The Kier molecular flexibility index (Phi) is 3.25. The van der Waals surface area contributed by atoms with E-state index in [9.17, 15) is 4.79 Å². The summed E-state index contributed by atoms with van der Waals surface area (Å²) in [6, 6.07) is 1.86. The van der Waals surface area contributed by atoms with Crippen LogP contribution in [0.15, 0.2) is 18.5 Å². The number of likely N-dealkylation sites (N-methyl/N-ethyl adjacent to an activating group) is 1. The van der Waals surface area contributed by atoms with Gasteiger partial charge in [0.1, 0.15) is 0 Å². The molecule has 0 aromatic carbocycles. The van der Waals surface area contributed by atoms with Crippen molar-refractivity contribution in [2.45, 2.75) is 26.3 Å². The molecule has 0 aliphatic heterocycles. The zero-order valence-corrected chi connectivity index (χ0v) is 10.0. The topological polar surface area (TPSA) is 33.2 Å². The smallest absolute Gasteiger partial charge is 0.184 e. The molecule has 0 N–H and O–H groups in total. The molecule has 0 aliphatic rings. The van der Waals surface area contributed by atoms with Gasteiger partial charge in [-0.1, -0.05) is 0 Å². The summed E-state index contributed by atoms with van der Waals surface area (Å²) < 4.78 is 0. The van der Waals surface area contributed by atoms with Crippen molar-refractivity contribution in [2.24, 2.45) is 0 Å². The molecule has 3 nitrogen and oxygen atoms in total. The van der Waals surface area contributed by atoms with Crippen LogP contribution in [0.25, 0.3) is 0 Å². The molecule has 0 saturated heterocycles. The minimum Gasteiger partial charge on any atom is -0.297 e. The molecule has 1 rings (SSSR count). The third kappa shape index (κ3) is 2.23. The maximum atomic E-state index is 12.2. The lowest BCUT2D eigenvalue weighted by Crippen LogP contribution is -2.45. The van der Waals surface area contributed by atoms with Crippen LogP contribution in [0.5, 0.6) is 0 Å². The Labute approximate surface area is 91.1 Å². The summed E-state index contributed by atoms with van der Waals surface area (Å²) in [5.41, 5.74) is 1.19. The van der Waals surface area contributed by atoms with Gasteiger partial charge in [0.25, 0.3) is 0 Å². The Bertz CT molecular complexity index is 370. The van der Waals surface area contributed by atoms with E-state index < -0.39 is 5.54 Å². The average molecular weight is 206 g/mol. The van der Waals surface area contributed by atoms with Crippen molar-refractivity contribution >= 4 is 5.78 Å². The molecule has 0 amide bonds. The maximum Gasteiger partial charge on any atom is 0.184 e. The normalized spacial score (nSPS) is 11.9. The maximum absolute atomic E-state index is 12.2. The van der Waals surface area contributed by atoms with Gasteiger partial charge in [-0.15, -0.1) is 0 Å². The van der Waals surface area contributed by atoms with Crippen LogP contribution in [0.4, 0.5) is 0 Å². The highest BCUT2D eigenvalue weighted by Crippen LogP contribution is 2.19. The predicted octanol–water partition coefficient (Wildman–Crippen LogP) is 1.91. The van der Waals surface area contributed by atoms with Gasteiger partial charge in [-0.25, -0.2) is 0 Å². The van der Waals surface area contributed by atoms with Gasteiger partial charge in [-0.3, -0.25) is 14.7 Å². The van der Waals surface area contributed by atoms with Crippen LogP contribution in [0.3, 0.4) is 0 Å². The van der Waals surface area contributed by atoms with Gasteiger partial charge >= 0.3 is 0 Å². The summed E-state index contributed by atoms with van der Waals surface area (Å²) >= 11 is 0. The largest absolute Gasteiger partial charge is 0.297 e. The lowest BCUT2D eigenvalue weighted by molar-refractivity contribution is 0.0754. The number of hydrogen-bond donors (Lipinski definition) is 0. The number of ketones is 1. The van der Waals surface area contributed by atoms with Gasteiger partial charge in [0, 0.05) is 18.0 Å². The molecule has 82 valence electrons. The molecular formula is C12H18N2O. The van der Waals surface area contributed by atoms with E-state index >= 15 is 0 Å². The van der Waals surface area contributed by atoms with E-state index in [1.807, 2.05) is 45.8 Å². The molecule has 0 atom stereocenters. The molecule has 1 heterocycles. The van der Waals surface area contributed by atoms with E-state index in [0.717, 1.165) is 5.56 Å². The fourth-order valence-electron chi connectivity index (χ4n) is 1.23. The number of aromatic nitrogens is 1. The van der Waals surface area contributed by atoms with Gasteiger partial charge in [0.2, 0.25) is 0 Å². The van der Waals surface area contributed by atoms with E-state index in [1.165, 1.54) is 0 Å². The van der Waals surface area contributed by atoms with E-state index in [2.05, 4.69) is 4.98 Å². The highest BCUT2D eigenvalue weighted by atomic mass is 16.1. The quantitative estimate of drug-likeness (QED) is 0.708. The second-order valence-electron chi connectivity index (χ2n) is 4.47. The lowest BCUT2D eigenvalue weighted by Gasteiger charge is -2.31. The first-order valence-corrected chi connectivity index (χ1v) is 5.00. The molecule has 0 spiro atoms. The average Bonchev–Trinajstić information content (AvgIpc) is 2.17. The Hall–Kier alpha value is -1.22. The molecule has 3 heteroatoms. The van der Waals surface area contributed by atoms with E-state index in [-0.39, 0.29) is 5.78 Å². The molecule has 0 unspecified atom stereocenters. The SMILES string of the molecule is Cc1ccncc1C(=O)C(C)(C)N(C)C. The van der Waals surface area contributed by atoms with Crippen molar-refractivity contribution in [3.05, 3.63) is 29.6 Å². The molecule has 0 radical (unpaired) electrons. The minimum absolute atomic E-state index is 0.109. The second-order valence-corrected chi connectivity index (χ2v) is 4.47. The number of hydrogen-bond acceptors (Lipinski definition) is 3. The summed E-state index contributed by atoms with van der Waals surface area (Å²) in [5.74, 6) is 0.109.